The smallest absolute Gasteiger partial charge is 0.246 e. The van der Waals surface area contributed by atoms with Gasteiger partial charge in [0.05, 0.1) is 42.1 Å². The summed E-state index contributed by atoms with van der Waals surface area (Å²) in [5.74, 6) is 0.367. The molecular formula is C60H112N6O8S12. The summed E-state index contributed by atoms with van der Waals surface area (Å²) in [4.78, 5) is 86.3. The molecule has 0 bridgehead atoms. The van der Waals surface area contributed by atoms with Gasteiger partial charge in [-0.3, -0.25) is 28.8 Å². The summed E-state index contributed by atoms with van der Waals surface area (Å²) in [6, 6.07) is 16.7. The maximum atomic E-state index is 14.4. The molecule has 0 radical (unpaired) electrons. The summed E-state index contributed by atoms with van der Waals surface area (Å²) in [6.45, 7) is 16.0. The third-order valence-electron chi connectivity index (χ3n) is 16.3. The summed E-state index contributed by atoms with van der Waals surface area (Å²) in [5, 5.41) is 12.0. The molecule has 26 heteroatoms. The highest BCUT2D eigenvalue weighted by Crippen LogP contribution is 2.48. The third-order valence-corrected chi connectivity index (χ3v) is 18.8. The van der Waals surface area contributed by atoms with Gasteiger partial charge in [-0.05, 0) is 92.4 Å². The van der Waals surface area contributed by atoms with E-state index in [0.29, 0.717) is 52.1 Å². The molecular weight excluding hydrogens is 1320 g/mol. The molecule has 6 rings (SSSR count). The summed E-state index contributed by atoms with van der Waals surface area (Å²) in [6.07, 6.45) is 14.7. The van der Waals surface area contributed by atoms with Gasteiger partial charge in [-0.1, -0.05) is 154 Å². The number of Topliss-reactive ketones (excluding diaryl/α,β-unsaturated/α-hetero) is 1. The molecule has 10 atom stereocenters. The molecule has 4 aliphatic heterocycles. The lowest BCUT2D eigenvalue weighted by molar-refractivity contribution is -0.144. The van der Waals surface area contributed by atoms with E-state index in [-0.39, 0.29) is 205 Å². The largest absolute Gasteiger partial charge is 0.381 e. The van der Waals surface area contributed by atoms with Crippen molar-refractivity contribution in [2.45, 2.75) is 204 Å². The number of fused-ring (bicyclic) bond motifs is 2. The van der Waals surface area contributed by atoms with Crippen LogP contribution in [0.1, 0.15) is 174 Å². The van der Waals surface area contributed by atoms with Crippen LogP contribution in [0.15, 0.2) is 60.7 Å². The van der Waals surface area contributed by atoms with E-state index in [1.54, 1.807) is 42.4 Å². The average Bonchev–Trinajstić information content (AvgIpc) is 3.97. The van der Waals surface area contributed by atoms with E-state index >= 15 is 0 Å². The Hall–Kier alpha value is -0.460. The van der Waals surface area contributed by atoms with E-state index in [1.165, 1.54) is 25.7 Å². The van der Waals surface area contributed by atoms with Gasteiger partial charge in [0.1, 0.15) is 18.1 Å². The van der Waals surface area contributed by atoms with Crippen molar-refractivity contribution >= 4 is 194 Å². The van der Waals surface area contributed by atoms with E-state index in [4.69, 9.17) is 9.47 Å². The fourth-order valence-electron chi connectivity index (χ4n) is 11.5. The number of carbonyl (C=O) groups is 6. The van der Waals surface area contributed by atoms with Crippen LogP contribution in [-0.4, -0.2) is 131 Å². The number of nitrogens with one attached hydrogen (secondary N) is 4. The van der Waals surface area contributed by atoms with Crippen molar-refractivity contribution in [3.05, 3.63) is 71.8 Å². The molecule has 5 amide bonds. The molecule has 4 fully saturated rings. The molecule has 4 saturated heterocycles. The number of hydrogen-bond acceptors (Lipinski definition) is 11. The van der Waals surface area contributed by atoms with Gasteiger partial charge in [0, 0.05) is 31.5 Å². The highest BCUT2D eigenvalue weighted by molar-refractivity contribution is 8.00. The first-order valence-corrected chi connectivity index (χ1v) is 30.8. The van der Waals surface area contributed by atoms with Crippen LogP contribution in [0.4, 0.5) is 0 Å². The molecule has 0 aliphatic carbocycles. The Bertz CT molecular complexity index is 2070. The van der Waals surface area contributed by atoms with Gasteiger partial charge in [0.15, 0.2) is 5.78 Å². The Morgan fingerprint density at radius 3 is 1.44 bits per heavy atom. The number of likely N-dealkylation sites (N-methyl/N-ethyl adjacent to an activating group) is 1. The monoisotopic (exact) mass is 1430 g/mol. The Labute approximate surface area is 595 Å². The van der Waals surface area contributed by atoms with Crippen molar-refractivity contribution in [1.29, 1.82) is 0 Å². The zero-order valence-electron chi connectivity index (χ0n) is 52.1. The first-order chi connectivity index (χ1) is 36.5. The van der Waals surface area contributed by atoms with Gasteiger partial charge >= 0.3 is 0 Å². The number of benzene rings is 2. The number of nitrogens with zero attached hydrogens (tertiary/aromatic N) is 2. The molecule has 4 aliphatic rings. The van der Waals surface area contributed by atoms with Crippen LogP contribution in [0, 0.1) is 16.7 Å². The molecule has 4 N–H and O–H groups in total. The van der Waals surface area contributed by atoms with Gasteiger partial charge in [-0.15, -0.1) is 23.5 Å². The topological polar surface area (TPSA) is 175 Å². The molecule has 0 spiro atoms. The number of carbonyl (C=O) groups excluding carboxylic acids is 6. The van der Waals surface area contributed by atoms with E-state index in [2.05, 4.69) is 61.1 Å². The van der Waals surface area contributed by atoms with Gasteiger partial charge in [0.2, 0.25) is 29.5 Å². The van der Waals surface area contributed by atoms with Crippen molar-refractivity contribution in [1.82, 2.24) is 31.1 Å². The number of ether oxygens (including phenoxy) is 2. The average molecular weight is 1430 g/mol. The van der Waals surface area contributed by atoms with E-state index in [0.717, 1.165) is 67.6 Å². The lowest BCUT2D eigenvalue weighted by atomic mass is 9.79. The molecule has 14 nitrogen and oxygen atoms in total. The number of thioether (sulfide) groups is 2. The van der Waals surface area contributed by atoms with Crippen molar-refractivity contribution in [3.63, 3.8) is 0 Å². The van der Waals surface area contributed by atoms with Crippen LogP contribution < -0.4 is 21.3 Å². The maximum absolute atomic E-state index is 14.4. The van der Waals surface area contributed by atoms with Crippen LogP contribution in [-0.2, 0) is 38.2 Å². The van der Waals surface area contributed by atoms with Gasteiger partial charge < -0.3 is 40.5 Å². The Morgan fingerprint density at radius 1 is 0.581 bits per heavy atom. The minimum atomic E-state index is -0.669. The molecule has 86 heavy (non-hydrogen) atoms. The number of hydrogen-bond donors (Lipinski definition) is 4. The highest BCUT2D eigenvalue weighted by Gasteiger charge is 2.56. The fraction of sp³-hybridized carbons (Fsp3) is 0.700. The second-order valence-electron chi connectivity index (χ2n) is 23.3. The molecule has 0 saturated carbocycles. The Kier molecular flexibility index (Phi) is 52.0. The van der Waals surface area contributed by atoms with Crippen molar-refractivity contribution in [3.8, 4) is 0 Å². The van der Waals surface area contributed by atoms with E-state index in [1.807, 2.05) is 67.3 Å². The Morgan fingerprint density at radius 2 is 0.988 bits per heavy atom. The minimum absolute atomic E-state index is 0. The summed E-state index contributed by atoms with van der Waals surface area (Å²) < 4.78 is 12.5. The van der Waals surface area contributed by atoms with Crippen molar-refractivity contribution < 1.29 is 38.2 Å². The molecule has 4 heterocycles. The zero-order chi connectivity index (χ0) is 54.8. The molecule has 502 valence electrons. The summed E-state index contributed by atoms with van der Waals surface area (Å²) >= 11 is 3.42. The van der Waals surface area contributed by atoms with Gasteiger partial charge in [-0.25, -0.2) is 0 Å². The normalized spacial score (nSPS) is 21.7. The molecule has 2 aromatic rings. The van der Waals surface area contributed by atoms with Crippen LogP contribution in [0.2, 0.25) is 0 Å². The quantitative estimate of drug-likeness (QED) is 0.0548. The predicted octanol–water partition coefficient (Wildman–Crippen LogP) is 10.5. The lowest BCUT2D eigenvalue weighted by Gasteiger charge is -2.35. The fourth-order valence-corrected chi connectivity index (χ4v) is 14.7. The Balaban J connectivity index is -0.00000219. The standard InChI is InChI=1S/C60H92N6O8S2.10H2S/c1-9-41(2)54(68)62-46-30-34-76-51-38-60(6,7)53(66(51)58(46)72)56(70)64-48(44-28-22-19-23-29-44)40-74-33-25-17-15-13-11-10-12-14-16-24-32-73-39-45(43-26-20-18-21-27-43)36-49(67)52-59(4,5)37-50-65(52)57(71)47(31-35-75-50)63-55(69)42(3)61-8;;;;;;;;;;/h18-23,26-29,41-42,45-48,50-53,61H,9-17,24-25,30-40H2,1-8H3,(H,62,68)(H,63,69)(H,64,70);10*1H2/t41-,42+,45-,46+,47+,48-,50+,51+,52-,53-;;;;;;;;;;/m1........../s1. The van der Waals surface area contributed by atoms with Crippen LogP contribution >= 0.6 is 158 Å². The molecule has 2 aromatic carbocycles. The zero-order valence-corrected chi connectivity index (χ0v) is 63.7. The number of rotatable bonds is 30. The SMILES string of the molecule is CC[C@@H](C)C(=O)N[C@H]1CCS[C@H]2CC(C)(C)[C@@H](C(=O)N[C@H](COCCCCCCCCCCCCOC[C@@H](CC(=O)[C@H]3N4C(=O)[C@@H](NC(=O)[C@H](C)NC)CCS[C@H]4CC3(C)C)c3ccccc3)c3ccccc3)N2C1=O.S.S.S.S.S.S.S.S.S.S. The third kappa shape index (κ3) is 27.2. The lowest BCUT2D eigenvalue weighted by Crippen LogP contribution is -2.57. The van der Waals surface area contributed by atoms with Crippen LogP contribution in [0.5, 0.6) is 0 Å². The van der Waals surface area contributed by atoms with Gasteiger partial charge in [0.25, 0.3) is 0 Å². The van der Waals surface area contributed by atoms with Gasteiger partial charge in [-0.2, -0.15) is 135 Å². The first-order valence-electron chi connectivity index (χ1n) is 28.7. The number of unbranched alkanes of at least 4 members (excludes halogenated alkanes) is 9. The predicted molar refractivity (Wildman–Crippen MR) is 409 cm³/mol. The first kappa shape index (κ1) is 94.2. The maximum Gasteiger partial charge on any atom is 0.246 e. The number of ketones is 1. The second-order valence-corrected chi connectivity index (χ2v) is 25.9. The second kappa shape index (κ2) is 47.4. The van der Waals surface area contributed by atoms with Crippen molar-refractivity contribution in [2.75, 3.05) is 45.0 Å². The van der Waals surface area contributed by atoms with Crippen LogP contribution in [0.25, 0.3) is 0 Å². The minimum Gasteiger partial charge on any atom is -0.381 e. The van der Waals surface area contributed by atoms with Crippen LogP contribution in [0.3, 0.4) is 0 Å². The molecule has 0 unspecified atom stereocenters. The van der Waals surface area contributed by atoms with E-state index in [9.17, 15) is 28.8 Å². The molecule has 0 aromatic heterocycles. The summed E-state index contributed by atoms with van der Waals surface area (Å²) in [5.41, 5.74) is 1.17. The summed E-state index contributed by atoms with van der Waals surface area (Å²) in [7, 11) is 1.72. The number of amides is 5. The highest BCUT2D eigenvalue weighted by atomic mass is 32.2. The van der Waals surface area contributed by atoms with Crippen molar-refractivity contribution in [2.24, 2.45) is 16.7 Å². The van der Waals surface area contributed by atoms with E-state index < -0.39 is 41.0 Å².